The molecule has 2 N–H and O–H groups in total. The Morgan fingerprint density at radius 3 is 2.08 bits per heavy atom. The molecule has 0 aliphatic carbocycles. The van der Waals surface area contributed by atoms with Gasteiger partial charge in [-0.3, -0.25) is 9.59 Å². The van der Waals surface area contributed by atoms with Crippen LogP contribution in [0.1, 0.15) is 32.7 Å². The van der Waals surface area contributed by atoms with E-state index in [1.807, 2.05) is 0 Å². The number of benzene rings is 2. The summed E-state index contributed by atoms with van der Waals surface area (Å²) in [4.78, 5) is 24.1. The summed E-state index contributed by atoms with van der Waals surface area (Å²) in [6.45, 7) is 1.46. The molecule has 2 amide bonds. The monoisotopic (exact) mass is 358 g/mol. The minimum absolute atomic E-state index is 0.187. The molecule has 5 nitrogen and oxygen atoms in total. The highest BCUT2D eigenvalue weighted by molar-refractivity contribution is 5.97. The minimum Gasteiger partial charge on any atom is -0.385 e. The third-order valence-corrected chi connectivity index (χ3v) is 3.86. The molecule has 2 aromatic rings. The summed E-state index contributed by atoms with van der Waals surface area (Å²) in [7, 11) is 1.61. The SMILES string of the molecule is COCCCNC(=O)c1ccc(C(=O)NCCc2ccccc2F)cc1. The number of amides is 2. The third-order valence-electron chi connectivity index (χ3n) is 3.86. The Labute approximate surface area is 152 Å². The van der Waals surface area contributed by atoms with Crippen molar-refractivity contribution in [1.82, 2.24) is 10.6 Å². The quantitative estimate of drug-likeness (QED) is 0.677. The van der Waals surface area contributed by atoms with Gasteiger partial charge in [-0.25, -0.2) is 4.39 Å². The lowest BCUT2D eigenvalue weighted by molar-refractivity contribution is 0.0939. The van der Waals surface area contributed by atoms with Crippen LogP contribution in [0.25, 0.3) is 0 Å². The topological polar surface area (TPSA) is 67.4 Å². The van der Waals surface area contributed by atoms with E-state index < -0.39 is 0 Å². The van der Waals surface area contributed by atoms with Gasteiger partial charge in [-0.15, -0.1) is 0 Å². The average Bonchev–Trinajstić information content (AvgIpc) is 2.66. The Hall–Kier alpha value is -2.73. The summed E-state index contributed by atoms with van der Waals surface area (Å²) in [5, 5.41) is 5.54. The lowest BCUT2D eigenvalue weighted by Crippen LogP contribution is -2.27. The van der Waals surface area contributed by atoms with Crippen molar-refractivity contribution in [3.8, 4) is 0 Å². The zero-order valence-corrected chi connectivity index (χ0v) is 14.8. The standard InChI is InChI=1S/C20H23FN2O3/c1-26-14-4-12-22-19(24)16-7-9-17(10-8-16)20(25)23-13-11-15-5-2-3-6-18(15)21/h2-3,5-10H,4,11-14H2,1H3,(H,22,24)(H,23,25). The summed E-state index contributed by atoms with van der Waals surface area (Å²) in [6, 6.07) is 12.9. The summed E-state index contributed by atoms with van der Waals surface area (Å²) in [5.41, 5.74) is 1.51. The molecule has 0 aliphatic heterocycles. The first-order chi connectivity index (χ1) is 12.6. The number of ether oxygens (including phenoxy) is 1. The molecule has 0 bridgehead atoms. The first-order valence-electron chi connectivity index (χ1n) is 8.50. The van der Waals surface area contributed by atoms with E-state index in [1.165, 1.54) is 6.07 Å². The van der Waals surface area contributed by atoms with Gasteiger partial charge >= 0.3 is 0 Å². The first-order valence-corrected chi connectivity index (χ1v) is 8.50. The van der Waals surface area contributed by atoms with E-state index in [4.69, 9.17) is 4.74 Å². The van der Waals surface area contributed by atoms with Crippen LogP contribution in [0, 0.1) is 5.82 Å². The van der Waals surface area contributed by atoms with Crippen molar-refractivity contribution < 1.29 is 18.7 Å². The van der Waals surface area contributed by atoms with Gasteiger partial charge in [-0.05, 0) is 48.7 Å². The Morgan fingerprint density at radius 2 is 1.50 bits per heavy atom. The van der Waals surface area contributed by atoms with Crippen LogP contribution in [0.4, 0.5) is 4.39 Å². The van der Waals surface area contributed by atoms with Gasteiger partial charge < -0.3 is 15.4 Å². The number of rotatable bonds is 9. The molecule has 0 spiro atoms. The van der Waals surface area contributed by atoms with Crippen molar-refractivity contribution in [3.05, 3.63) is 71.0 Å². The highest BCUT2D eigenvalue weighted by atomic mass is 19.1. The minimum atomic E-state index is -0.275. The van der Waals surface area contributed by atoms with Crippen LogP contribution in [-0.2, 0) is 11.2 Å². The number of halogens is 1. The van der Waals surface area contributed by atoms with Gasteiger partial charge in [0.05, 0.1) is 0 Å². The second kappa shape index (κ2) is 10.3. The van der Waals surface area contributed by atoms with Gasteiger partial charge in [0.15, 0.2) is 0 Å². The average molecular weight is 358 g/mol. The van der Waals surface area contributed by atoms with Crippen LogP contribution in [0.15, 0.2) is 48.5 Å². The predicted octanol–water partition coefficient (Wildman–Crippen LogP) is 2.56. The molecule has 0 saturated carbocycles. The van der Waals surface area contributed by atoms with Crippen LogP contribution in [-0.4, -0.2) is 38.6 Å². The van der Waals surface area contributed by atoms with E-state index in [-0.39, 0.29) is 17.6 Å². The van der Waals surface area contributed by atoms with Gasteiger partial charge in [0.2, 0.25) is 0 Å². The second-order valence-electron chi connectivity index (χ2n) is 5.78. The summed E-state index contributed by atoms with van der Waals surface area (Å²) < 4.78 is 18.5. The maximum Gasteiger partial charge on any atom is 0.251 e. The van der Waals surface area contributed by atoms with Gasteiger partial charge in [0.1, 0.15) is 5.82 Å². The molecule has 0 aliphatic rings. The number of carbonyl (C=O) groups excluding carboxylic acids is 2. The second-order valence-corrected chi connectivity index (χ2v) is 5.78. The smallest absolute Gasteiger partial charge is 0.251 e. The van der Waals surface area contributed by atoms with Gasteiger partial charge in [0.25, 0.3) is 11.8 Å². The maximum atomic E-state index is 13.5. The van der Waals surface area contributed by atoms with Gasteiger partial charge in [-0.2, -0.15) is 0 Å². The fourth-order valence-electron chi connectivity index (χ4n) is 2.41. The molecule has 0 radical (unpaired) electrons. The van der Waals surface area contributed by atoms with E-state index in [0.29, 0.717) is 42.8 Å². The zero-order valence-electron chi connectivity index (χ0n) is 14.8. The molecule has 26 heavy (non-hydrogen) atoms. The molecule has 0 fully saturated rings. The normalized spacial score (nSPS) is 10.4. The first kappa shape index (κ1) is 19.6. The summed E-state index contributed by atoms with van der Waals surface area (Å²) >= 11 is 0. The van der Waals surface area contributed by atoms with E-state index in [2.05, 4.69) is 10.6 Å². The Kier molecular flexibility index (Phi) is 7.76. The number of hydrogen-bond acceptors (Lipinski definition) is 3. The molecular weight excluding hydrogens is 335 g/mol. The summed E-state index contributed by atoms with van der Waals surface area (Å²) in [6.07, 6.45) is 1.16. The van der Waals surface area contributed by atoms with E-state index in [9.17, 15) is 14.0 Å². The fourth-order valence-corrected chi connectivity index (χ4v) is 2.41. The molecule has 0 heterocycles. The van der Waals surface area contributed by atoms with Crippen molar-refractivity contribution in [2.75, 3.05) is 26.8 Å². The Balaban J connectivity index is 1.80. The fraction of sp³-hybridized carbons (Fsp3) is 0.300. The van der Waals surface area contributed by atoms with Crippen molar-refractivity contribution in [2.45, 2.75) is 12.8 Å². The number of carbonyl (C=O) groups is 2. The predicted molar refractivity (Wildman–Crippen MR) is 97.7 cm³/mol. The highest BCUT2D eigenvalue weighted by Crippen LogP contribution is 2.07. The van der Waals surface area contributed by atoms with Crippen LogP contribution in [0.3, 0.4) is 0 Å². The van der Waals surface area contributed by atoms with Crippen LogP contribution < -0.4 is 10.6 Å². The van der Waals surface area contributed by atoms with Crippen molar-refractivity contribution in [1.29, 1.82) is 0 Å². The van der Waals surface area contributed by atoms with Crippen molar-refractivity contribution >= 4 is 11.8 Å². The lowest BCUT2D eigenvalue weighted by atomic mass is 10.1. The highest BCUT2D eigenvalue weighted by Gasteiger charge is 2.09. The van der Waals surface area contributed by atoms with Crippen molar-refractivity contribution in [3.63, 3.8) is 0 Å². The molecule has 138 valence electrons. The molecular formula is C20H23FN2O3. The van der Waals surface area contributed by atoms with E-state index in [0.717, 1.165) is 6.42 Å². The molecule has 6 heteroatoms. The van der Waals surface area contributed by atoms with Crippen LogP contribution in [0.2, 0.25) is 0 Å². The molecule has 2 rings (SSSR count). The zero-order chi connectivity index (χ0) is 18.8. The Morgan fingerprint density at radius 1 is 0.923 bits per heavy atom. The van der Waals surface area contributed by atoms with Gasteiger partial charge in [0, 0.05) is 37.9 Å². The molecule has 0 atom stereocenters. The van der Waals surface area contributed by atoms with Crippen LogP contribution in [0.5, 0.6) is 0 Å². The lowest BCUT2D eigenvalue weighted by Gasteiger charge is -2.08. The Bertz CT molecular complexity index is 732. The van der Waals surface area contributed by atoms with E-state index >= 15 is 0 Å². The number of hydrogen-bond donors (Lipinski definition) is 2. The molecule has 0 saturated heterocycles. The third kappa shape index (κ3) is 5.97. The number of nitrogens with one attached hydrogen (secondary N) is 2. The largest absolute Gasteiger partial charge is 0.385 e. The maximum absolute atomic E-state index is 13.5. The van der Waals surface area contributed by atoms with Gasteiger partial charge in [-0.1, -0.05) is 18.2 Å². The van der Waals surface area contributed by atoms with Crippen molar-refractivity contribution in [2.24, 2.45) is 0 Å². The van der Waals surface area contributed by atoms with E-state index in [1.54, 1.807) is 49.6 Å². The molecule has 0 unspecified atom stereocenters. The molecule has 0 aromatic heterocycles. The van der Waals surface area contributed by atoms with Crippen LogP contribution >= 0.6 is 0 Å². The summed E-state index contributed by atoms with van der Waals surface area (Å²) in [5.74, 6) is -0.719. The number of methoxy groups -OCH3 is 1. The molecule has 2 aromatic carbocycles.